The van der Waals surface area contributed by atoms with Gasteiger partial charge in [-0.3, -0.25) is 28.8 Å². The maximum atomic E-state index is 15.6. The molecule has 91 heavy (non-hydrogen) atoms. The molecule has 0 aromatic carbocycles. The van der Waals surface area contributed by atoms with E-state index in [-0.39, 0.29) is 51.9 Å². The summed E-state index contributed by atoms with van der Waals surface area (Å²) in [4.78, 5) is 122. The van der Waals surface area contributed by atoms with Gasteiger partial charge in [0, 0.05) is 25.2 Å². The van der Waals surface area contributed by atoms with E-state index in [1.807, 2.05) is 0 Å². The van der Waals surface area contributed by atoms with Crippen molar-refractivity contribution in [3.05, 3.63) is 0 Å². The molecule has 30 heteroatoms. The van der Waals surface area contributed by atoms with Crippen LogP contribution in [0.2, 0.25) is 0 Å². The number of ether oxygens (including phenoxy) is 9. The van der Waals surface area contributed by atoms with Crippen LogP contribution in [0.5, 0.6) is 0 Å². The summed E-state index contributed by atoms with van der Waals surface area (Å²) in [7, 11) is 0. The molecule has 0 aromatic rings. The second kappa shape index (κ2) is 27.3. The summed E-state index contributed by atoms with van der Waals surface area (Å²) in [6, 6.07) is 0. The maximum Gasteiger partial charge on any atom is 0.510 e. The number of aliphatic carboxylic acids is 1. The average Bonchev–Trinajstić information content (AvgIpc) is 1.71. The van der Waals surface area contributed by atoms with Crippen LogP contribution in [0.4, 0.5) is 57.9 Å². The fourth-order valence-electron chi connectivity index (χ4n) is 13.5. The van der Waals surface area contributed by atoms with Crippen molar-refractivity contribution in [1.29, 1.82) is 0 Å². The Bertz CT molecular complexity index is 2670. The summed E-state index contributed by atoms with van der Waals surface area (Å²) in [5.41, 5.74) is -19.0. The van der Waals surface area contributed by atoms with Gasteiger partial charge in [0.2, 0.25) is 5.60 Å². The standard InChI is InChI=1S/C61H87F11O19/c1-17-55(14,47(80)85-34-26-32(57(16,59(64,65)66)90-48(81)88-51(5,6)7)25-33(27-34)58(60(67,68)69,61(70,71)72)91-49(82)89-52(8,9)10)42-41(44(77)86-45(42)78)40-31-23-35(36(24-31)43(76)87-50(2,3)4)37(40)28-54(13,22-19-38(73)74)21-18-20-53(11,12)46(79)83-29-39(75)84-30-56(15,62)63/h31-37,40-42H,17-30H2,1-16H3,(H,73,74). The number of carboxylic acids is 1. The predicted octanol–water partition coefficient (Wildman–Crippen LogP) is 13.6. The number of rotatable bonds is 24. The van der Waals surface area contributed by atoms with Gasteiger partial charge in [0.1, 0.15) is 22.9 Å². The highest BCUT2D eigenvalue weighted by Crippen LogP contribution is 2.65. The lowest BCUT2D eigenvalue weighted by atomic mass is 9.57. The molecule has 1 saturated heterocycles. The van der Waals surface area contributed by atoms with Gasteiger partial charge in [-0.05, 0) is 183 Å². The lowest BCUT2D eigenvalue weighted by molar-refractivity contribution is -0.392. The van der Waals surface area contributed by atoms with Gasteiger partial charge in [0.15, 0.2) is 13.2 Å². The van der Waals surface area contributed by atoms with Crippen molar-refractivity contribution in [1.82, 2.24) is 0 Å². The Kier molecular flexibility index (Phi) is 23.3. The van der Waals surface area contributed by atoms with Crippen molar-refractivity contribution in [3.63, 3.8) is 0 Å². The van der Waals surface area contributed by atoms with Crippen LogP contribution < -0.4 is 0 Å². The molecule has 2 bridgehead atoms. The molecule has 4 aliphatic rings. The molecule has 13 atom stereocenters. The first-order valence-electron chi connectivity index (χ1n) is 30.0. The third-order valence-corrected chi connectivity index (χ3v) is 18.0. The Morgan fingerprint density at radius 2 is 1.11 bits per heavy atom. The molecule has 1 aliphatic heterocycles. The minimum absolute atomic E-state index is 0.0120. The molecule has 0 amide bonds. The summed E-state index contributed by atoms with van der Waals surface area (Å²) in [6.07, 6.45) is -31.7. The van der Waals surface area contributed by atoms with Gasteiger partial charge in [-0.2, -0.15) is 39.5 Å². The van der Waals surface area contributed by atoms with E-state index >= 15 is 44.3 Å². The lowest BCUT2D eigenvalue weighted by Gasteiger charge is -2.49. The molecular formula is C61H87F11O19. The first-order chi connectivity index (χ1) is 40.9. The smallest absolute Gasteiger partial charge is 0.481 e. The third-order valence-electron chi connectivity index (χ3n) is 18.0. The van der Waals surface area contributed by atoms with Crippen LogP contribution in [0.15, 0.2) is 0 Å². The molecule has 4 rings (SSSR count). The monoisotopic (exact) mass is 1330 g/mol. The molecular weight excluding hydrogens is 1250 g/mol. The Balaban J connectivity index is 1.87. The van der Waals surface area contributed by atoms with Gasteiger partial charge < -0.3 is 47.7 Å². The fourth-order valence-corrected chi connectivity index (χ4v) is 13.5. The number of cyclic esters (lactones) is 2. The maximum absolute atomic E-state index is 15.6. The molecule has 0 spiro atoms. The van der Waals surface area contributed by atoms with Gasteiger partial charge >= 0.3 is 78.2 Å². The van der Waals surface area contributed by atoms with Gasteiger partial charge in [0.25, 0.3) is 5.92 Å². The van der Waals surface area contributed by atoms with Gasteiger partial charge in [0.05, 0.1) is 28.6 Å². The van der Waals surface area contributed by atoms with Crippen molar-refractivity contribution in [2.45, 2.75) is 246 Å². The molecule has 1 heterocycles. The lowest BCUT2D eigenvalue weighted by Crippen LogP contribution is -2.67. The summed E-state index contributed by atoms with van der Waals surface area (Å²) in [5, 5.41) is 10.0. The van der Waals surface area contributed by atoms with E-state index in [0.717, 1.165) is 27.7 Å². The molecule has 1 N–H and O–H groups in total. The van der Waals surface area contributed by atoms with Crippen LogP contribution in [-0.4, -0.2) is 131 Å². The number of esters is 6. The minimum Gasteiger partial charge on any atom is -0.481 e. The number of carbonyl (C=O) groups is 9. The van der Waals surface area contributed by atoms with E-state index in [1.165, 1.54) is 41.5 Å². The van der Waals surface area contributed by atoms with E-state index < -0.39 is 227 Å². The second-order valence-corrected chi connectivity index (χ2v) is 29.3. The molecule has 13 unspecified atom stereocenters. The number of fused-ring (bicyclic) bond motifs is 2. The zero-order chi connectivity index (χ0) is 70.2. The fraction of sp³-hybridized carbons (Fsp3) is 0.852. The largest absolute Gasteiger partial charge is 0.510 e. The topological polar surface area (TPSA) is 257 Å². The number of hydrogen-bond acceptors (Lipinski definition) is 18. The van der Waals surface area contributed by atoms with E-state index in [1.54, 1.807) is 27.7 Å². The number of carbonyl (C=O) groups excluding carboxylic acids is 8. The third kappa shape index (κ3) is 19.0. The first-order valence-corrected chi connectivity index (χ1v) is 30.0. The van der Waals surface area contributed by atoms with E-state index in [4.69, 9.17) is 33.2 Å². The van der Waals surface area contributed by atoms with E-state index in [0.29, 0.717) is 6.92 Å². The number of carboxylic acid groups (broad SMARTS) is 1. The zero-order valence-electron chi connectivity index (χ0n) is 54.1. The summed E-state index contributed by atoms with van der Waals surface area (Å²) < 4.78 is 212. The van der Waals surface area contributed by atoms with Crippen molar-refractivity contribution in [2.75, 3.05) is 13.2 Å². The Morgan fingerprint density at radius 3 is 1.59 bits per heavy atom. The Labute approximate surface area is 521 Å². The Hall–Kier alpha value is -5.74. The second-order valence-electron chi connectivity index (χ2n) is 29.3. The van der Waals surface area contributed by atoms with Crippen LogP contribution in [0.1, 0.15) is 188 Å². The van der Waals surface area contributed by atoms with Gasteiger partial charge in [-0.25, -0.2) is 23.2 Å². The number of hydrogen-bond donors (Lipinski definition) is 1. The van der Waals surface area contributed by atoms with Crippen LogP contribution >= 0.6 is 0 Å². The molecule has 522 valence electrons. The molecule has 19 nitrogen and oxygen atoms in total. The number of alkyl halides is 11. The molecule has 3 aliphatic carbocycles. The number of halogens is 11. The highest BCUT2D eigenvalue weighted by Gasteiger charge is 2.79. The average molecular weight is 1330 g/mol. The highest BCUT2D eigenvalue weighted by atomic mass is 19.4. The molecule has 3 saturated carbocycles. The van der Waals surface area contributed by atoms with Crippen molar-refractivity contribution >= 4 is 54.1 Å². The van der Waals surface area contributed by atoms with Crippen molar-refractivity contribution in [2.24, 2.45) is 69.5 Å². The van der Waals surface area contributed by atoms with Crippen LogP contribution in [-0.2, 0) is 76.2 Å². The Morgan fingerprint density at radius 1 is 0.582 bits per heavy atom. The van der Waals surface area contributed by atoms with Crippen LogP contribution in [0, 0.1) is 69.5 Å². The predicted molar refractivity (Wildman–Crippen MR) is 293 cm³/mol. The quantitative estimate of drug-likeness (QED) is 0.0408. The van der Waals surface area contributed by atoms with Gasteiger partial charge in [-0.15, -0.1) is 0 Å². The van der Waals surface area contributed by atoms with Crippen molar-refractivity contribution < 1.29 is 139 Å². The van der Waals surface area contributed by atoms with Crippen molar-refractivity contribution in [3.8, 4) is 0 Å². The highest BCUT2D eigenvalue weighted by molar-refractivity contribution is 6.00. The summed E-state index contributed by atoms with van der Waals surface area (Å²) in [6.45, 7) is 17.0. The SMILES string of the molecule is CCC(C)(C(=O)OC1CC(C(C)(OC(=O)OC(C)(C)C)C(F)(F)F)CC(C(OC(=O)OC(C)(C)C)(C(F)(F)F)C(F)(F)F)C1)C1C(=O)OC(=O)C1C1C2CC(C(=O)OC(C)(C)C)C(C2)C1CC(C)(CCCC(C)(C)C(=O)OCC(=O)OCC(C)(F)F)CCC(=O)O. The molecule has 0 aromatic heterocycles. The van der Waals surface area contributed by atoms with Crippen LogP contribution in [0.3, 0.4) is 0 Å². The summed E-state index contributed by atoms with van der Waals surface area (Å²) >= 11 is 0. The zero-order valence-corrected chi connectivity index (χ0v) is 54.1. The van der Waals surface area contributed by atoms with Gasteiger partial charge in [-0.1, -0.05) is 20.3 Å². The van der Waals surface area contributed by atoms with E-state index in [9.17, 15) is 52.2 Å². The molecule has 4 fully saturated rings. The van der Waals surface area contributed by atoms with E-state index in [2.05, 4.69) is 9.47 Å². The first kappa shape index (κ1) is 77.7. The normalized spacial score (nSPS) is 26.5. The minimum atomic E-state index is -6.72. The molecule has 0 radical (unpaired) electrons. The van der Waals surface area contributed by atoms with Crippen LogP contribution in [0.25, 0.3) is 0 Å². The summed E-state index contributed by atoms with van der Waals surface area (Å²) in [5.74, 6) is -25.3.